The third kappa shape index (κ3) is 4.47. The smallest absolute Gasteiger partial charge is 0.351 e. The molecule has 1 aromatic rings. The molecule has 3 N–H and O–H groups in total. The highest BCUT2D eigenvalue weighted by Gasteiger charge is 2.35. The zero-order chi connectivity index (χ0) is 13.1. The zero-order valence-electron chi connectivity index (χ0n) is 9.05. The van der Waals surface area contributed by atoms with Crippen LogP contribution in [0.15, 0.2) is 22.7 Å². The van der Waals surface area contributed by atoms with E-state index in [0.29, 0.717) is 0 Å². The lowest BCUT2D eigenvalue weighted by molar-refractivity contribution is -0.138. The van der Waals surface area contributed by atoms with Crippen molar-refractivity contribution in [1.29, 1.82) is 0 Å². The minimum Gasteiger partial charge on any atom is -0.351 e. The van der Waals surface area contributed by atoms with Crippen molar-refractivity contribution in [2.24, 2.45) is 5.73 Å². The van der Waals surface area contributed by atoms with Gasteiger partial charge in [-0.2, -0.15) is 13.2 Å². The van der Waals surface area contributed by atoms with E-state index in [4.69, 9.17) is 5.73 Å². The lowest BCUT2D eigenvalue weighted by Gasteiger charge is -2.13. The molecule has 0 radical (unpaired) electrons. The van der Waals surface area contributed by atoms with Gasteiger partial charge in [0, 0.05) is 17.6 Å². The number of halogens is 5. The van der Waals surface area contributed by atoms with Gasteiger partial charge in [-0.3, -0.25) is 4.79 Å². The van der Waals surface area contributed by atoms with Crippen LogP contribution >= 0.6 is 28.3 Å². The second-order valence-electron chi connectivity index (χ2n) is 3.23. The highest BCUT2D eigenvalue weighted by Crippen LogP contribution is 2.33. The van der Waals surface area contributed by atoms with Crippen LogP contribution in [0.4, 0.5) is 13.2 Å². The fraction of sp³-hybridized carbons (Fsp3) is 0.300. The molecule has 0 heterocycles. The van der Waals surface area contributed by atoms with Crippen LogP contribution in [-0.2, 0) is 6.18 Å². The molecule has 0 atom stereocenters. The summed E-state index contributed by atoms with van der Waals surface area (Å²) in [7, 11) is 0. The number of hydrogen-bond donors (Lipinski definition) is 2. The van der Waals surface area contributed by atoms with Crippen molar-refractivity contribution in [2.75, 3.05) is 13.1 Å². The first kappa shape index (κ1) is 17.2. The van der Waals surface area contributed by atoms with Gasteiger partial charge in [0.05, 0.1) is 11.1 Å². The Hall–Kier alpha value is -0.790. The molecule has 1 rings (SSSR count). The van der Waals surface area contributed by atoms with Crippen molar-refractivity contribution < 1.29 is 18.0 Å². The van der Waals surface area contributed by atoms with Crippen molar-refractivity contribution in [2.45, 2.75) is 6.18 Å². The van der Waals surface area contributed by atoms with Crippen LogP contribution in [0, 0.1) is 0 Å². The highest BCUT2D eigenvalue weighted by atomic mass is 79.9. The van der Waals surface area contributed by atoms with Crippen molar-refractivity contribution >= 4 is 34.2 Å². The maximum absolute atomic E-state index is 12.7. The zero-order valence-corrected chi connectivity index (χ0v) is 11.5. The van der Waals surface area contributed by atoms with Crippen LogP contribution in [-0.4, -0.2) is 19.0 Å². The average molecular weight is 348 g/mol. The number of benzene rings is 1. The second kappa shape index (κ2) is 6.96. The summed E-state index contributed by atoms with van der Waals surface area (Å²) in [6.07, 6.45) is -4.57. The predicted octanol–water partition coefficient (Wildman–Crippen LogP) is 2.58. The van der Waals surface area contributed by atoms with Gasteiger partial charge in [-0.05, 0) is 18.2 Å². The van der Waals surface area contributed by atoms with Crippen molar-refractivity contribution in [3.63, 3.8) is 0 Å². The Morgan fingerprint density at radius 3 is 2.50 bits per heavy atom. The number of carbonyl (C=O) groups is 1. The molecule has 3 nitrogen and oxygen atoms in total. The van der Waals surface area contributed by atoms with Crippen molar-refractivity contribution in [3.8, 4) is 0 Å². The molecule has 8 heteroatoms. The molecule has 0 aromatic heterocycles. The number of hydrogen-bond acceptors (Lipinski definition) is 2. The van der Waals surface area contributed by atoms with Gasteiger partial charge in [-0.1, -0.05) is 15.9 Å². The van der Waals surface area contributed by atoms with Crippen LogP contribution in [0.25, 0.3) is 0 Å². The molecule has 0 aliphatic rings. The van der Waals surface area contributed by atoms with E-state index in [9.17, 15) is 18.0 Å². The lowest BCUT2D eigenvalue weighted by Crippen LogP contribution is -2.30. The van der Waals surface area contributed by atoms with Gasteiger partial charge in [0.25, 0.3) is 5.91 Å². The fourth-order valence-electron chi connectivity index (χ4n) is 1.23. The van der Waals surface area contributed by atoms with E-state index in [0.717, 1.165) is 12.1 Å². The molecule has 0 saturated heterocycles. The molecule has 1 amide bonds. The molecule has 18 heavy (non-hydrogen) atoms. The van der Waals surface area contributed by atoms with Gasteiger partial charge >= 0.3 is 6.18 Å². The number of amides is 1. The van der Waals surface area contributed by atoms with E-state index in [-0.39, 0.29) is 30.0 Å². The van der Waals surface area contributed by atoms with E-state index >= 15 is 0 Å². The Morgan fingerprint density at radius 1 is 1.39 bits per heavy atom. The van der Waals surface area contributed by atoms with Crippen molar-refractivity contribution in [3.05, 3.63) is 33.8 Å². The maximum atomic E-state index is 12.7. The first-order chi connectivity index (χ1) is 7.86. The first-order valence-electron chi connectivity index (χ1n) is 4.71. The summed E-state index contributed by atoms with van der Waals surface area (Å²) in [5, 5.41) is 2.30. The van der Waals surface area contributed by atoms with Crippen molar-refractivity contribution in [1.82, 2.24) is 5.32 Å². The average Bonchev–Trinajstić information content (AvgIpc) is 2.24. The maximum Gasteiger partial charge on any atom is 0.417 e. The largest absolute Gasteiger partial charge is 0.417 e. The SMILES string of the molecule is Cl.NCCNC(=O)c1ccc(Br)cc1C(F)(F)F. The molecule has 1 aromatic carbocycles. The van der Waals surface area contributed by atoms with E-state index in [1.54, 1.807) is 0 Å². The Morgan fingerprint density at radius 2 is 2.00 bits per heavy atom. The standard InChI is InChI=1S/C10H10BrF3N2O.ClH/c11-6-1-2-7(9(17)16-4-3-15)8(5-6)10(12,13)14;/h1-2,5H,3-4,15H2,(H,16,17);1H. The van der Waals surface area contributed by atoms with E-state index in [2.05, 4.69) is 21.2 Å². The minimum absolute atomic E-state index is 0. The third-order valence-corrected chi connectivity index (χ3v) is 2.45. The second-order valence-corrected chi connectivity index (χ2v) is 4.15. The predicted molar refractivity (Wildman–Crippen MR) is 67.8 cm³/mol. The quantitative estimate of drug-likeness (QED) is 0.883. The Kier molecular flexibility index (Phi) is 6.66. The molecule has 0 bridgehead atoms. The van der Waals surface area contributed by atoms with Crippen LogP contribution in [0.2, 0.25) is 0 Å². The molecule has 0 fully saturated rings. The Balaban J connectivity index is 0.00000289. The molecule has 0 aliphatic heterocycles. The summed E-state index contributed by atoms with van der Waals surface area (Å²) in [4.78, 5) is 11.5. The molecular formula is C10H11BrClF3N2O. The molecule has 0 saturated carbocycles. The molecule has 102 valence electrons. The highest BCUT2D eigenvalue weighted by molar-refractivity contribution is 9.10. The van der Waals surface area contributed by atoms with Gasteiger partial charge in [0.15, 0.2) is 0 Å². The molecule has 0 spiro atoms. The summed E-state index contributed by atoms with van der Waals surface area (Å²) >= 11 is 2.94. The first-order valence-corrected chi connectivity index (χ1v) is 5.50. The molecule has 0 aliphatic carbocycles. The minimum atomic E-state index is -4.57. The number of rotatable bonds is 3. The fourth-order valence-corrected chi connectivity index (χ4v) is 1.59. The van der Waals surface area contributed by atoms with Gasteiger partial charge < -0.3 is 11.1 Å². The lowest BCUT2D eigenvalue weighted by atomic mass is 10.1. The summed E-state index contributed by atoms with van der Waals surface area (Å²) in [5.74, 6) is -0.782. The monoisotopic (exact) mass is 346 g/mol. The van der Waals surface area contributed by atoms with E-state index in [1.807, 2.05) is 0 Å². The van der Waals surface area contributed by atoms with E-state index in [1.165, 1.54) is 6.07 Å². The van der Waals surface area contributed by atoms with Gasteiger partial charge in [0.1, 0.15) is 0 Å². The molecular weight excluding hydrogens is 336 g/mol. The summed E-state index contributed by atoms with van der Waals surface area (Å²) in [5.41, 5.74) is 3.78. The number of nitrogens with one attached hydrogen (secondary N) is 1. The topological polar surface area (TPSA) is 55.1 Å². The van der Waals surface area contributed by atoms with Crippen LogP contribution < -0.4 is 11.1 Å². The van der Waals surface area contributed by atoms with Crippen LogP contribution in [0.5, 0.6) is 0 Å². The Bertz CT molecular complexity index is 426. The normalized spacial score (nSPS) is 10.7. The summed E-state index contributed by atoms with van der Waals surface area (Å²) < 4.78 is 38.3. The van der Waals surface area contributed by atoms with Crippen LogP contribution in [0.3, 0.4) is 0 Å². The van der Waals surface area contributed by atoms with E-state index < -0.39 is 23.2 Å². The van der Waals surface area contributed by atoms with Gasteiger partial charge in [-0.15, -0.1) is 12.4 Å². The van der Waals surface area contributed by atoms with Gasteiger partial charge in [0.2, 0.25) is 0 Å². The summed E-state index contributed by atoms with van der Waals surface area (Å²) in [6.45, 7) is 0.301. The van der Waals surface area contributed by atoms with Crippen LogP contribution in [0.1, 0.15) is 15.9 Å². The van der Waals surface area contributed by atoms with Gasteiger partial charge in [-0.25, -0.2) is 0 Å². The number of nitrogens with two attached hydrogens (primary N) is 1. The Labute approximate surface area is 116 Å². The number of alkyl halides is 3. The summed E-state index contributed by atoms with van der Waals surface area (Å²) in [6, 6.07) is 3.38. The third-order valence-electron chi connectivity index (χ3n) is 1.96. The molecule has 0 unspecified atom stereocenters. The number of carbonyl (C=O) groups excluding carboxylic acids is 1.